The molecule has 0 bridgehead atoms. The minimum atomic E-state index is -0.455. The molecule has 2 N–H and O–H groups in total. The normalized spacial score (nSPS) is 10.7. The molecule has 0 spiro atoms. The first-order chi connectivity index (χ1) is 9.32. The Labute approximate surface area is 140 Å². The molecule has 0 fully saturated rings. The highest BCUT2D eigenvalue weighted by molar-refractivity contribution is 6.51. The minimum Gasteiger partial charge on any atom is -0.399 e. The highest BCUT2D eigenvalue weighted by Crippen LogP contribution is 2.39. The number of nitrogens with two attached hydrogens (primary N) is 1. The number of halogens is 5. The predicted molar refractivity (Wildman–Crippen MR) is 85.8 cm³/mol. The fourth-order valence-corrected chi connectivity index (χ4v) is 2.98. The number of benzene rings is 2. The van der Waals surface area contributed by atoms with Crippen molar-refractivity contribution in [2.45, 2.75) is 0 Å². The van der Waals surface area contributed by atoms with E-state index in [-0.39, 0.29) is 36.2 Å². The van der Waals surface area contributed by atoms with E-state index >= 15 is 0 Å². The van der Waals surface area contributed by atoms with Gasteiger partial charge in [0.1, 0.15) is 0 Å². The Bertz CT molecular complexity index is 714. The van der Waals surface area contributed by atoms with Crippen LogP contribution in [0.1, 0.15) is 15.9 Å². The number of rotatable bonds is 2. The summed E-state index contributed by atoms with van der Waals surface area (Å²) in [5.41, 5.74) is 6.30. The average Bonchev–Trinajstić information content (AvgIpc) is 2.36. The maximum atomic E-state index is 12.5. The summed E-state index contributed by atoms with van der Waals surface area (Å²) in [7, 11) is 0. The number of nitrogen functional groups attached to an aromatic ring is 1. The van der Waals surface area contributed by atoms with Crippen molar-refractivity contribution in [3.05, 3.63) is 60.5 Å². The molecule has 2 rings (SSSR count). The monoisotopic (exact) mass is 367 g/mol. The van der Waals surface area contributed by atoms with Gasteiger partial charge >= 0.3 is 0 Å². The Morgan fingerprint density at radius 1 is 0.850 bits per heavy atom. The number of anilines is 1. The molecule has 0 heterocycles. The molecule has 0 atom stereocenters. The molecule has 0 aliphatic heterocycles. The molecule has 2 aromatic rings. The van der Waals surface area contributed by atoms with Crippen LogP contribution >= 0.6 is 58.0 Å². The van der Waals surface area contributed by atoms with E-state index in [0.717, 1.165) is 0 Å². The van der Waals surface area contributed by atoms with Crippen LogP contribution in [0.3, 0.4) is 0 Å². The number of ketones is 1. The molecule has 0 saturated heterocycles. The van der Waals surface area contributed by atoms with Gasteiger partial charge in [0, 0.05) is 11.3 Å². The van der Waals surface area contributed by atoms with Crippen molar-refractivity contribution in [2.75, 3.05) is 5.73 Å². The molecule has 0 unspecified atom stereocenters. The molecule has 2 nitrogen and oxygen atoms in total. The number of hydrogen-bond donors (Lipinski definition) is 1. The van der Waals surface area contributed by atoms with Crippen LogP contribution in [0.25, 0.3) is 0 Å². The van der Waals surface area contributed by atoms with Gasteiger partial charge in [0.2, 0.25) is 0 Å². The summed E-state index contributed by atoms with van der Waals surface area (Å²) in [6.07, 6.45) is 0. The second-order valence-corrected chi connectivity index (χ2v) is 5.89. The van der Waals surface area contributed by atoms with Gasteiger partial charge < -0.3 is 5.73 Å². The largest absolute Gasteiger partial charge is 0.399 e. The maximum Gasteiger partial charge on any atom is 0.197 e. The van der Waals surface area contributed by atoms with Crippen molar-refractivity contribution in [1.29, 1.82) is 0 Å². The van der Waals surface area contributed by atoms with E-state index in [2.05, 4.69) is 0 Å². The Morgan fingerprint density at radius 2 is 1.50 bits per heavy atom. The summed E-state index contributed by atoms with van der Waals surface area (Å²) in [4.78, 5) is 12.5. The molecule has 0 amide bonds. The van der Waals surface area contributed by atoms with E-state index in [1.165, 1.54) is 18.2 Å². The van der Waals surface area contributed by atoms with Crippen LogP contribution in [-0.4, -0.2) is 5.78 Å². The zero-order chi connectivity index (χ0) is 15.0. The van der Waals surface area contributed by atoms with E-state index in [1.807, 2.05) is 0 Å². The van der Waals surface area contributed by atoms with E-state index in [9.17, 15) is 4.79 Å². The maximum absolute atomic E-state index is 12.5. The summed E-state index contributed by atoms with van der Waals surface area (Å²) in [5, 5.41) is 0.520. The molecule has 0 saturated carbocycles. The topological polar surface area (TPSA) is 43.1 Å². The molecule has 0 aromatic heterocycles. The molecular formula is C13H6Cl5NO. The predicted octanol–water partition coefficient (Wildman–Crippen LogP) is 5.77. The lowest BCUT2D eigenvalue weighted by Gasteiger charge is -2.10. The molecular weight excluding hydrogens is 363 g/mol. The van der Waals surface area contributed by atoms with Gasteiger partial charge in [-0.3, -0.25) is 4.79 Å². The molecule has 0 radical (unpaired) electrons. The number of hydrogen-bond acceptors (Lipinski definition) is 2. The van der Waals surface area contributed by atoms with Crippen LogP contribution in [0.2, 0.25) is 25.1 Å². The van der Waals surface area contributed by atoms with Crippen LogP contribution in [0.4, 0.5) is 5.69 Å². The van der Waals surface area contributed by atoms with Crippen molar-refractivity contribution < 1.29 is 4.79 Å². The first-order valence-corrected chi connectivity index (χ1v) is 7.14. The number of carbonyl (C=O) groups is 1. The zero-order valence-corrected chi connectivity index (χ0v) is 13.5. The average molecular weight is 369 g/mol. The van der Waals surface area contributed by atoms with Gasteiger partial charge in [-0.2, -0.15) is 0 Å². The van der Waals surface area contributed by atoms with Crippen LogP contribution in [0, 0.1) is 0 Å². The summed E-state index contributed by atoms with van der Waals surface area (Å²) in [6.45, 7) is 0. The third-order valence-corrected chi connectivity index (χ3v) is 4.45. The van der Waals surface area contributed by atoms with Gasteiger partial charge in [-0.15, -0.1) is 0 Å². The molecule has 7 heteroatoms. The quantitative estimate of drug-likeness (QED) is 0.316. The van der Waals surface area contributed by atoms with Crippen LogP contribution < -0.4 is 5.73 Å². The van der Waals surface area contributed by atoms with Gasteiger partial charge in [0.25, 0.3) is 0 Å². The zero-order valence-electron chi connectivity index (χ0n) is 9.68. The van der Waals surface area contributed by atoms with Crippen molar-refractivity contribution in [3.8, 4) is 0 Å². The Morgan fingerprint density at radius 3 is 2.10 bits per heavy atom. The molecule has 104 valence electrons. The Hall–Kier alpha value is -0.640. The number of carbonyl (C=O) groups excluding carboxylic acids is 1. The fraction of sp³-hybridized carbons (Fsp3) is 0. The van der Waals surface area contributed by atoms with Crippen LogP contribution in [0.5, 0.6) is 0 Å². The first-order valence-electron chi connectivity index (χ1n) is 5.25. The first kappa shape index (κ1) is 15.7. The summed E-state index contributed by atoms with van der Waals surface area (Å²) >= 11 is 29.8. The highest BCUT2D eigenvalue weighted by Gasteiger charge is 2.22. The molecule has 20 heavy (non-hydrogen) atoms. The fourth-order valence-electron chi connectivity index (χ4n) is 1.62. The van der Waals surface area contributed by atoms with Gasteiger partial charge in [-0.1, -0.05) is 58.0 Å². The third-order valence-electron chi connectivity index (χ3n) is 2.58. The smallest absolute Gasteiger partial charge is 0.197 e. The SMILES string of the molecule is Nc1ccc(C(=O)c2c(Cl)cc(Cl)c(Cl)c2Cl)c(Cl)c1. The highest BCUT2D eigenvalue weighted by atomic mass is 35.5. The second-order valence-electron chi connectivity index (χ2n) is 3.91. The van der Waals surface area contributed by atoms with Crippen molar-refractivity contribution in [2.24, 2.45) is 0 Å². The van der Waals surface area contributed by atoms with Crippen molar-refractivity contribution in [3.63, 3.8) is 0 Å². The molecule has 0 aliphatic rings. The van der Waals surface area contributed by atoms with Gasteiger partial charge in [0.05, 0.1) is 30.7 Å². The lowest BCUT2D eigenvalue weighted by Crippen LogP contribution is -2.05. The molecule has 2 aromatic carbocycles. The van der Waals surface area contributed by atoms with E-state index in [0.29, 0.717) is 5.69 Å². The minimum absolute atomic E-state index is 0.0120. The van der Waals surface area contributed by atoms with Gasteiger partial charge in [0.15, 0.2) is 5.78 Å². The van der Waals surface area contributed by atoms with Gasteiger partial charge in [-0.25, -0.2) is 0 Å². The standard InChI is InChI=1S/C13H6Cl5NO/c14-7-3-5(19)1-2-6(7)13(20)10-8(15)4-9(16)11(17)12(10)18/h1-4H,19H2. The van der Waals surface area contributed by atoms with Crippen molar-refractivity contribution in [1.82, 2.24) is 0 Å². The Balaban J connectivity index is 2.63. The summed E-state index contributed by atoms with van der Waals surface area (Å²) in [5.74, 6) is -0.455. The summed E-state index contributed by atoms with van der Waals surface area (Å²) < 4.78 is 0. The molecule has 0 aliphatic carbocycles. The van der Waals surface area contributed by atoms with Gasteiger partial charge in [-0.05, 0) is 24.3 Å². The summed E-state index contributed by atoms with van der Waals surface area (Å²) in [6, 6.07) is 5.87. The lowest BCUT2D eigenvalue weighted by molar-refractivity contribution is 0.103. The van der Waals surface area contributed by atoms with E-state index < -0.39 is 5.78 Å². The van der Waals surface area contributed by atoms with Crippen LogP contribution in [-0.2, 0) is 0 Å². The van der Waals surface area contributed by atoms with E-state index in [4.69, 9.17) is 63.7 Å². The third kappa shape index (κ3) is 2.85. The second kappa shape index (κ2) is 6.00. The van der Waals surface area contributed by atoms with Crippen molar-refractivity contribution >= 4 is 69.5 Å². The van der Waals surface area contributed by atoms with Crippen LogP contribution in [0.15, 0.2) is 24.3 Å². The van der Waals surface area contributed by atoms with E-state index in [1.54, 1.807) is 6.07 Å². The Kier molecular flexibility index (Phi) is 4.73. The lowest BCUT2D eigenvalue weighted by atomic mass is 10.0.